The van der Waals surface area contributed by atoms with Crippen LogP contribution in [0.5, 0.6) is 0 Å². The Morgan fingerprint density at radius 1 is 1.64 bits per heavy atom. The maximum absolute atomic E-state index is 7.02. The zero-order chi connectivity index (χ0) is 10.4. The number of nitrogens with zero attached hydrogens (tertiary/aromatic N) is 1. The highest BCUT2D eigenvalue weighted by atomic mass is 32.2. The van der Waals surface area contributed by atoms with Crippen LogP contribution in [-0.2, 0) is 5.75 Å². The van der Waals surface area contributed by atoms with Crippen molar-refractivity contribution in [2.24, 2.45) is 5.73 Å². The molecule has 0 radical (unpaired) electrons. The Labute approximate surface area is 92.0 Å². The van der Waals surface area contributed by atoms with Crippen molar-refractivity contribution in [3.63, 3.8) is 0 Å². The molecule has 0 spiro atoms. The fraction of sp³-hybridized carbons (Fsp3) is 0.500. The molecule has 0 amide bonds. The molecule has 1 aromatic rings. The first-order valence-electron chi connectivity index (χ1n) is 4.23. The molecule has 0 bridgehead atoms. The normalized spacial score (nSPS) is 10.4. The first kappa shape index (κ1) is 11.5. The molecule has 4 nitrogen and oxygen atoms in total. The van der Waals surface area contributed by atoms with E-state index in [-0.39, 0.29) is 5.17 Å². The number of H-pyrrole nitrogens is 1. The van der Waals surface area contributed by atoms with Crippen molar-refractivity contribution in [3.05, 3.63) is 17.7 Å². The Hall–Kier alpha value is -0.620. The minimum Gasteiger partial charge on any atom is -0.379 e. The van der Waals surface area contributed by atoms with Crippen LogP contribution in [0.1, 0.15) is 11.4 Å². The van der Waals surface area contributed by atoms with Crippen molar-refractivity contribution in [2.45, 2.75) is 12.7 Å². The van der Waals surface area contributed by atoms with E-state index in [2.05, 4.69) is 9.97 Å². The number of amidine groups is 1. The Morgan fingerprint density at radius 2 is 2.43 bits per heavy atom. The topological polar surface area (TPSA) is 78.5 Å². The fourth-order valence-corrected chi connectivity index (χ4v) is 2.57. The van der Waals surface area contributed by atoms with E-state index < -0.39 is 0 Å². The van der Waals surface area contributed by atoms with Gasteiger partial charge in [-0.25, -0.2) is 4.98 Å². The first-order chi connectivity index (χ1) is 6.70. The summed E-state index contributed by atoms with van der Waals surface area (Å²) in [6.07, 6.45) is 1.72. The number of hydrogen-bond donors (Lipinski definition) is 3. The van der Waals surface area contributed by atoms with Crippen LogP contribution in [0.2, 0.25) is 0 Å². The van der Waals surface area contributed by atoms with Gasteiger partial charge in [0.1, 0.15) is 0 Å². The van der Waals surface area contributed by atoms with E-state index in [0.717, 1.165) is 28.6 Å². The van der Waals surface area contributed by atoms with E-state index in [9.17, 15) is 0 Å². The smallest absolute Gasteiger partial charge is 0.151 e. The number of nitrogens with one attached hydrogen (secondary N) is 2. The number of imidazole rings is 1. The molecule has 0 unspecified atom stereocenters. The third-order valence-corrected chi connectivity index (χ3v) is 3.61. The standard InChI is InChI=1S/C8H14N4S2/c1-6-7(12-5-11-6)4-13-2-3-14-8(9)10/h5H,2-4H2,1H3,(H3,9,10)(H,11,12). The van der Waals surface area contributed by atoms with Gasteiger partial charge in [0.25, 0.3) is 0 Å². The predicted molar refractivity (Wildman–Crippen MR) is 63.9 cm³/mol. The second-order valence-electron chi connectivity index (χ2n) is 2.74. The zero-order valence-electron chi connectivity index (χ0n) is 8.04. The van der Waals surface area contributed by atoms with Crippen LogP contribution in [0.4, 0.5) is 0 Å². The van der Waals surface area contributed by atoms with Crippen molar-refractivity contribution >= 4 is 28.7 Å². The van der Waals surface area contributed by atoms with Gasteiger partial charge in [-0.1, -0.05) is 11.8 Å². The minimum absolute atomic E-state index is 0.196. The molecular weight excluding hydrogens is 216 g/mol. The fourth-order valence-electron chi connectivity index (χ4n) is 0.912. The number of aryl methyl sites for hydroxylation is 1. The second-order valence-corrected chi connectivity index (χ2v) is 4.98. The van der Waals surface area contributed by atoms with Gasteiger partial charge in [-0.05, 0) is 6.92 Å². The largest absolute Gasteiger partial charge is 0.379 e. The molecule has 0 aliphatic rings. The van der Waals surface area contributed by atoms with E-state index in [1.165, 1.54) is 11.8 Å². The van der Waals surface area contributed by atoms with Gasteiger partial charge in [0.2, 0.25) is 0 Å². The molecule has 0 aliphatic carbocycles. The van der Waals surface area contributed by atoms with E-state index in [1.807, 2.05) is 18.7 Å². The van der Waals surface area contributed by atoms with E-state index in [0.29, 0.717) is 0 Å². The summed E-state index contributed by atoms with van der Waals surface area (Å²) in [5, 5.41) is 7.21. The van der Waals surface area contributed by atoms with Crippen molar-refractivity contribution in [3.8, 4) is 0 Å². The maximum atomic E-state index is 7.02. The molecule has 14 heavy (non-hydrogen) atoms. The number of aromatic nitrogens is 2. The van der Waals surface area contributed by atoms with Crippen LogP contribution in [0.15, 0.2) is 6.33 Å². The van der Waals surface area contributed by atoms with Crippen molar-refractivity contribution in [1.29, 1.82) is 5.41 Å². The summed E-state index contributed by atoms with van der Waals surface area (Å²) in [4.78, 5) is 7.24. The molecule has 1 aromatic heterocycles. The molecule has 1 heterocycles. The lowest BCUT2D eigenvalue weighted by Gasteiger charge is -1.99. The van der Waals surface area contributed by atoms with Crippen LogP contribution >= 0.6 is 23.5 Å². The van der Waals surface area contributed by atoms with E-state index >= 15 is 0 Å². The monoisotopic (exact) mass is 230 g/mol. The third kappa shape index (κ3) is 4.06. The molecule has 0 fully saturated rings. The quantitative estimate of drug-likeness (QED) is 0.407. The summed E-state index contributed by atoms with van der Waals surface area (Å²) in [7, 11) is 0. The number of aromatic amines is 1. The summed E-state index contributed by atoms with van der Waals surface area (Å²) in [5.74, 6) is 2.81. The molecule has 1 rings (SSSR count). The number of nitrogens with two attached hydrogens (primary N) is 1. The molecule has 78 valence electrons. The predicted octanol–water partition coefficient (Wildman–Crippen LogP) is 1.58. The van der Waals surface area contributed by atoms with Crippen molar-refractivity contribution in [1.82, 2.24) is 9.97 Å². The van der Waals surface area contributed by atoms with Crippen LogP contribution in [0.25, 0.3) is 0 Å². The lowest BCUT2D eigenvalue weighted by Crippen LogP contribution is -2.05. The van der Waals surface area contributed by atoms with Gasteiger partial charge >= 0.3 is 0 Å². The molecule has 4 N–H and O–H groups in total. The Morgan fingerprint density at radius 3 is 3.00 bits per heavy atom. The Bertz CT molecular complexity index is 297. The summed E-state index contributed by atoms with van der Waals surface area (Å²) >= 11 is 3.20. The van der Waals surface area contributed by atoms with Crippen molar-refractivity contribution < 1.29 is 0 Å². The summed E-state index contributed by atoms with van der Waals surface area (Å²) in [6, 6.07) is 0. The van der Waals surface area contributed by atoms with Gasteiger partial charge in [-0.3, -0.25) is 5.41 Å². The highest BCUT2D eigenvalue weighted by molar-refractivity contribution is 8.14. The molecule has 0 saturated heterocycles. The zero-order valence-corrected chi connectivity index (χ0v) is 9.67. The van der Waals surface area contributed by atoms with Gasteiger partial charge in [-0.15, -0.1) is 0 Å². The molecule has 0 aromatic carbocycles. The van der Waals surface area contributed by atoms with E-state index in [1.54, 1.807) is 6.33 Å². The second kappa shape index (κ2) is 5.98. The molecule has 0 atom stereocenters. The Kier molecular flexibility index (Phi) is 4.89. The van der Waals surface area contributed by atoms with Gasteiger partial charge < -0.3 is 10.7 Å². The molecule has 0 aliphatic heterocycles. The van der Waals surface area contributed by atoms with Gasteiger partial charge in [0.05, 0.1) is 12.0 Å². The Balaban J connectivity index is 2.10. The summed E-state index contributed by atoms with van der Waals surface area (Å²) < 4.78 is 0. The minimum atomic E-state index is 0.196. The van der Waals surface area contributed by atoms with Crippen LogP contribution in [-0.4, -0.2) is 26.6 Å². The lowest BCUT2D eigenvalue weighted by atomic mass is 10.4. The third-order valence-electron chi connectivity index (χ3n) is 1.66. The average molecular weight is 230 g/mol. The van der Waals surface area contributed by atoms with Crippen LogP contribution in [0.3, 0.4) is 0 Å². The van der Waals surface area contributed by atoms with Gasteiger partial charge in [-0.2, -0.15) is 11.8 Å². The molecule has 0 saturated carbocycles. The lowest BCUT2D eigenvalue weighted by molar-refractivity contribution is 1.19. The molecule has 6 heteroatoms. The number of hydrogen-bond acceptors (Lipinski definition) is 4. The van der Waals surface area contributed by atoms with Gasteiger partial charge in [0, 0.05) is 23.0 Å². The number of thioether (sulfide) groups is 2. The average Bonchev–Trinajstić information content (AvgIpc) is 2.51. The van der Waals surface area contributed by atoms with Gasteiger partial charge in [0.15, 0.2) is 5.17 Å². The summed E-state index contributed by atoms with van der Waals surface area (Å²) in [5.41, 5.74) is 7.46. The summed E-state index contributed by atoms with van der Waals surface area (Å²) in [6.45, 7) is 2.02. The first-order valence-corrected chi connectivity index (χ1v) is 6.37. The van der Waals surface area contributed by atoms with Crippen LogP contribution < -0.4 is 5.73 Å². The maximum Gasteiger partial charge on any atom is 0.151 e. The number of rotatable bonds is 5. The van der Waals surface area contributed by atoms with E-state index in [4.69, 9.17) is 11.1 Å². The molecular formula is C8H14N4S2. The van der Waals surface area contributed by atoms with Crippen LogP contribution in [0, 0.1) is 12.3 Å². The van der Waals surface area contributed by atoms with Crippen molar-refractivity contribution in [2.75, 3.05) is 11.5 Å². The SMILES string of the molecule is Cc1[nH]cnc1CSCCSC(=N)N. The highest BCUT2D eigenvalue weighted by Gasteiger charge is 2.00. The highest BCUT2D eigenvalue weighted by Crippen LogP contribution is 2.13.